The van der Waals surface area contributed by atoms with Gasteiger partial charge < -0.3 is 19.7 Å². The van der Waals surface area contributed by atoms with Gasteiger partial charge in [-0.15, -0.1) is 34.2 Å². The highest BCUT2D eigenvalue weighted by Crippen LogP contribution is 2.22. The van der Waals surface area contributed by atoms with Crippen LogP contribution in [0.1, 0.15) is 62.1 Å². The van der Waals surface area contributed by atoms with E-state index in [-0.39, 0.29) is 24.0 Å². The minimum absolute atomic E-state index is 0. The lowest BCUT2D eigenvalue weighted by Gasteiger charge is -2.11. The van der Waals surface area contributed by atoms with Crippen molar-refractivity contribution in [2.24, 2.45) is 12.0 Å². The maximum absolute atomic E-state index is 5.50. The van der Waals surface area contributed by atoms with Gasteiger partial charge in [0.1, 0.15) is 12.4 Å². The number of nitrogens with zero attached hydrogens (tertiary/aromatic N) is 5. The minimum atomic E-state index is 0. The molecule has 0 spiro atoms. The number of hydrogen-bond donors (Lipinski definition) is 2. The van der Waals surface area contributed by atoms with Crippen LogP contribution >= 0.6 is 35.7 Å². The van der Waals surface area contributed by atoms with Gasteiger partial charge in [0.25, 0.3) is 0 Å². The van der Waals surface area contributed by atoms with E-state index >= 15 is 0 Å². The number of thioether (sulfide) groups is 1. The van der Waals surface area contributed by atoms with Crippen LogP contribution in [0.15, 0.2) is 15.6 Å². The Morgan fingerprint density at radius 3 is 2.66 bits per heavy atom. The predicted molar refractivity (Wildman–Crippen MR) is 130 cm³/mol. The van der Waals surface area contributed by atoms with E-state index < -0.39 is 0 Å². The summed E-state index contributed by atoms with van der Waals surface area (Å²) in [6.45, 7) is 8.15. The van der Waals surface area contributed by atoms with Crippen LogP contribution in [0, 0.1) is 6.92 Å². The summed E-state index contributed by atoms with van der Waals surface area (Å²) in [5, 5.41) is 19.2. The number of aliphatic imine (C=N–C) groups is 1. The summed E-state index contributed by atoms with van der Waals surface area (Å²) >= 11 is 1.84. The molecule has 2 rings (SSSR count). The average molecular weight is 536 g/mol. The van der Waals surface area contributed by atoms with Crippen LogP contribution in [0.4, 0.5) is 0 Å². The van der Waals surface area contributed by atoms with Gasteiger partial charge in [-0.1, -0.05) is 19.0 Å². The standard InChI is InChI=1S/C19H33N7OS.HI/c1-6-15(7-2)17-11-16(27-25-17)12-21-19(20-9-8-10-28-5)22-13-18-24-23-14(3)26(18)4;/h11,15H,6-10,12-13H2,1-5H3,(H2,20,21,22);1H. The topological polar surface area (TPSA) is 93.2 Å². The van der Waals surface area contributed by atoms with Gasteiger partial charge >= 0.3 is 0 Å². The molecule has 2 heterocycles. The van der Waals surface area contributed by atoms with Crippen LogP contribution in [0.2, 0.25) is 0 Å². The first kappa shape index (κ1) is 25.7. The molecule has 2 aromatic rings. The zero-order valence-electron chi connectivity index (χ0n) is 18.1. The molecule has 0 fully saturated rings. The Morgan fingerprint density at radius 1 is 1.28 bits per heavy atom. The fraction of sp³-hybridized carbons (Fsp3) is 0.684. The third kappa shape index (κ3) is 8.15. The zero-order chi connectivity index (χ0) is 20.4. The van der Waals surface area contributed by atoms with Gasteiger partial charge in [0, 0.05) is 25.6 Å². The van der Waals surface area contributed by atoms with E-state index in [1.54, 1.807) is 0 Å². The molecule has 10 heteroatoms. The van der Waals surface area contributed by atoms with Gasteiger partial charge in [-0.3, -0.25) is 0 Å². The maximum Gasteiger partial charge on any atom is 0.192 e. The van der Waals surface area contributed by atoms with Gasteiger partial charge in [-0.05, 0) is 38.2 Å². The predicted octanol–water partition coefficient (Wildman–Crippen LogP) is 3.62. The highest BCUT2D eigenvalue weighted by atomic mass is 127. The van der Waals surface area contributed by atoms with Crippen LogP contribution in [-0.4, -0.2) is 44.4 Å². The first-order valence-corrected chi connectivity index (χ1v) is 11.3. The number of rotatable bonds is 11. The van der Waals surface area contributed by atoms with Crippen molar-refractivity contribution in [3.8, 4) is 0 Å². The number of aromatic nitrogens is 4. The van der Waals surface area contributed by atoms with Crippen LogP contribution in [0.5, 0.6) is 0 Å². The largest absolute Gasteiger partial charge is 0.359 e. The summed E-state index contributed by atoms with van der Waals surface area (Å²) in [7, 11) is 1.95. The minimum Gasteiger partial charge on any atom is -0.359 e. The lowest BCUT2D eigenvalue weighted by Crippen LogP contribution is -2.37. The van der Waals surface area contributed by atoms with E-state index in [4.69, 9.17) is 4.52 Å². The monoisotopic (exact) mass is 535 g/mol. The molecule has 0 aliphatic rings. The average Bonchev–Trinajstić information content (AvgIpc) is 3.29. The molecule has 0 unspecified atom stereocenters. The van der Waals surface area contributed by atoms with Crippen molar-refractivity contribution in [3.05, 3.63) is 29.2 Å². The van der Waals surface area contributed by atoms with E-state index in [9.17, 15) is 0 Å². The Morgan fingerprint density at radius 2 is 2.03 bits per heavy atom. The molecule has 0 saturated carbocycles. The smallest absolute Gasteiger partial charge is 0.192 e. The second-order valence-electron chi connectivity index (χ2n) is 6.75. The lowest BCUT2D eigenvalue weighted by molar-refractivity contribution is 0.368. The molecule has 29 heavy (non-hydrogen) atoms. The molecule has 0 atom stereocenters. The maximum atomic E-state index is 5.50. The quantitative estimate of drug-likeness (QED) is 0.197. The number of hydrogen-bond acceptors (Lipinski definition) is 6. The molecule has 2 aromatic heterocycles. The van der Waals surface area contributed by atoms with E-state index in [1.165, 1.54) is 0 Å². The summed E-state index contributed by atoms with van der Waals surface area (Å²) in [6, 6.07) is 2.04. The molecule has 8 nitrogen and oxygen atoms in total. The zero-order valence-corrected chi connectivity index (χ0v) is 21.2. The highest BCUT2D eigenvalue weighted by molar-refractivity contribution is 14.0. The van der Waals surface area contributed by atoms with Crippen LogP contribution in [0.25, 0.3) is 0 Å². The first-order valence-electron chi connectivity index (χ1n) is 9.90. The van der Waals surface area contributed by atoms with E-state index in [2.05, 4.69) is 51.1 Å². The van der Waals surface area contributed by atoms with Gasteiger partial charge in [0.15, 0.2) is 17.5 Å². The normalized spacial score (nSPS) is 11.6. The summed E-state index contributed by atoms with van der Waals surface area (Å²) in [5.41, 5.74) is 1.03. The number of aryl methyl sites for hydroxylation is 1. The van der Waals surface area contributed by atoms with Crippen LogP contribution < -0.4 is 10.6 Å². The van der Waals surface area contributed by atoms with E-state index in [0.29, 0.717) is 19.0 Å². The fourth-order valence-electron chi connectivity index (χ4n) is 2.82. The van der Waals surface area contributed by atoms with Gasteiger partial charge in [-0.2, -0.15) is 11.8 Å². The Bertz CT molecular complexity index is 743. The molecule has 0 aromatic carbocycles. The second-order valence-corrected chi connectivity index (χ2v) is 7.73. The highest BCUT2D eigenvalue weighted by Gasteiger charge is 2.13. The molecule has 0 saturated heterocycles. The Labute approximate surface area is 195 Å². The summed E-state index contributed by atoms with van der Waals surface area (Å²) < 4.78 is 7.45. The molecule has 0 bridgehead atoms. The summed E-state index contributed by atoms with van der Waals surface area (Å²) in [5.74, 6) is 4.83. The Kier molecular flexibility index (Phi) is 12.3. The summed E-state index contributed by atoms with van der Waals surface area (Å²) in [4.78, 5) is 4.66. The second kappa shape index (κ2) is 13.8. The SMILES string of the molecule is CCC(CC)c1cc(CNC(=NCc2nnc(C)n2C)NCCCSC)on1.I. The van der Waals surface area contributed by atoms with Crippen molar-refractivity contribution in [1.29, 1.82) is 0 Å². The number of halogens is 1. The van der Waals surface area contributed by atoms with Crippen LogP contribution in [0.3, 0.4) is 0 Å². The molecule has 0 amide bonds. The van der Waals surface area contributed by atoms with Crippen molar-refractivity contribution >= 4 is 41.7 Å². The number of nitrogens with one attached hydrogen (secondary N) is 2. The molecule has 0 radical (unpaired) electrons. The van der Waals surface area contributed by atoms with E-state index in [1.807, 2.05) is 36.4 Å². The first-order chi connectivity index (χ1) is 13.6. The lowest BCUT2D eigenvalue weighted by atomic mass is 9.99. The van der Waals surface area contributed by atoms with Gasteiger partial charge in [-0.25, -0.2) is 4.99 Å². The molecular weight excluding hydrogens is 501 g/mol. The van der Waals surface area contributed by atoms with Crippen molar-refractivity contribution < 1.29 is 4.52 Å². The molecular formula is C19H34IN7OS. The van der Waals surface area contributed by atoms with Crippen molar-refractivity contribution in [2.75, 3.05) is 18.6 Å². The van der Waals surface area contributed by atoms with Gasteiger partial charge in [0.2, 0.25) is 0 Å². The Hall–Kier alpha value is -1.30. The van der Waals surface area contributed by atoms with Crippen LogP contribution in [-0.2, 0) is 20.1 Å². The Balaban J connectivity index is 0.00000420. The third-order valence-corrected chi connectivity index (χ3v) is 5.49. The molecule has 2 N–H and O–H groups in total. The molecule has 0 aliphatic carbocycles. The third-order valence-electron chi connectivity index (χ3n) is 4.79. The van der Waals surface area contributed by atoms with Crippen molar-refractivity contribution in [3.63, 3.8) is 0 Å². The number of guanidine groups is 1. The van der Waals surface area contributed by atoms with Crippen molar-refractivity contribution in [2.45, 2.75) is 59.0 Å². The van der Waals surface area contributed by atoms with Crippen molar-refractivity contribution in [1.82, 2.24) is 30.6 Å². The molecule has 0 aliphatic heterocycles. The molecule has 164 valence electrons. The van der Waals surface area contributed by atoms with Gasteiger partial charge in [0.05, 0.1) is 12.2 Å². The fourth-order valence-corrected chi connectivity index (χ4v) is 3.25. The summed E-state index contributed by atoms with van der Waals surface area (Å²) in [6.07, 6.45) is 5.32. The van der Waals surface area contributed by atoms with E-state index in [0.717, 1.165) is 60.6 Å².